The number of carbonyl (C=O) groups is 1. The van der Waals surface area contributed by atoms with Crippen LogP contribution < -0.4 is 10.1 Å². The van der Waals surface area contributed by atoms with E-state index in [1.165, 1.54) is 6.42 Å². The molecule has 1 heterocycles. The zero-order chi connectivity index (χ0) is 16.2. The van der Waals surface area contributed by atoms with Gasteiger partial charge in [0.25, 0.3) is 0 Å². The highest BCUT2D eigenvalue weighted by Gasteiger charge is 2.37. The highest BCUT2D eigenvalue weighted by atomic mass is 16.5. The van der Waals surface area contributed by atoms with Crippen molar-refractivity contribution in [3.63, 3.8) is 0 Å². The van der Waals surface area contributed by atoms with Gasteiger partial charge in [0.1, 0.15) is 5.75 Å². The summed E-state index contributed by atoms with van der Waals surface area (Å²) in [6, 6.07) is 1.85. The number of hydrogen-bond donors (Lipinski definition) is 2. The molecule has 2 fully saturated rings. The third kappa shape index (κ3) is 3.83. The topological polar surface area (TPSA) is 71.5 Å². The average Bonchev–Trinajstić information content (AvgIpc) is 2.58. The number of hydrogen-bond acceptors (Lipinski definition) is 4. The van der Waals surface area contributed by atoms with E-state index in [9.17, 15) is 9.90 Å². The molecule has 2 N–H and O–H groups in total. The summed E-state index contributed by atoms with van der Waals surface area (Å²) in [5.41, 5.74) is 0.963. The molecule has 0 aromatic carbocycles. The maximum Gasteiger partial charge on any atom is 0.223 e. The molecular formula is C18H26N2O3. The molecule has 1 aromatic rings. The van der Waals surface area contributed by atoms with E-state index >= 15 is 0 Å². The molecule has 126 valence electrons. The smallest absolute Gasteiger partial charge is 0.223 e. The zero-order valence-electron chi connectivity index (χ0n) is 13.7. The minimum atomic E-state index is -0.243. The Hall–Kier alpha value is -1.62. The van der Waals surface area contributed by atoms with Crippen molar-refractivity contribution in [1.29, 1.82) is 0 Å². The van der Waals surface area contributed by atoms with Crippen molar-refractivity contribution in [2.24, 2.45) is 11.8 Å². The van der Waals surface area contributed by atoms with E-state index in [-0.39, 0.29) is 29.9 Å². The summed E-state index contributed by atoms with van der Waals surface area (Å²) in [6.45, 7) is 0. The van der Waals surface area contributed by atoms with Crippen molar-refractivity contribution in [3.8, 4) is 5.75 Å². The van der Waals surface area contributed by atoms with Crippen LogP contribution in [0.4, 0.5) is 0 Å². The number of ether oxygens (including phenoxy) is 1. The summed E-state index contributed by atoms with van der Waals surface area (Å²) >= 11 is 0. The third-order valence-electron chi connectivity index (χ3n) is 5.22. The second kappa shape index (κ2) is 7.30. The summed E-state index contributed by atoms with van der Waals surface area (Å²) < 4.78 is 5.25. The van der Waals surface area contributed by atoms with Gasteiger partial charge in [-0.2, -0.15) is 0 Å². The molecule has 0 bridgehead atoms. The van der Waals surface area contributed by atoms with Crippen LogP contribution in [0.5, 0.6) is 5.75 Å². The minimum Gasteiger partial charge on any atom is -0.495 e. The number of methoxy groups -OCH3 is 1. The van der Waals surface area contributed by atoms with Crippen molar-refractivity contribution in [2.75, 3.05) is 7.11 Å². The Labute approximate surface area is 137 Å². The van der Waals surface area contributed by atoms with Gasteiger partial charge >= 0.3 is 0 Å². The largest absolute Gasteiger partial charge is 0.495 e. The second-order valence-corrected chi connectivity index (χ2v) is 6.86. The second-order valence-electron chi connectivity index (χ2n) is 6.86. The van der Waals surface area contributed by atoms with Gasteiger partial charge < -0.3 is 15.2 Å². The SMILES string of the molecule is COc1cncc([C@H](NC(=O)C2CCCCC2)C2CC(O)C2)c1. The van der Waals surface area contributed by atoms with Crippen LogP contribution in [0.3, 0.4) is 0 Å². The molecule has 5 nitrogen and oxygen atoms in total. The summed E-state index contributed by atoms with van der Waals surface area (Å²) in [5.74, 6) is 1.25. The van der Waals surface area contributed by atoms with Gasteiger partial charge in [-0.3, -0.25) is 9.78 Å². The molecule has 1 aromatic heterocycles. The van der Waals surface area contributed by atoms with Crippen LogP contribution in [0.25, 0.3) is 0 Å². The lowest BCUT2D eigenvalue weighted by molar-refractivity contribution is -0.127. The average molecular weight is 318 g/mol. The Morgan fingerprint density at radius 1 is 1.30 bits per heavy atom. The molecule has 2 saturated carbocycles. The van der Waals surface area contributed by atoms with Gasteiger partial charge in [-0.1, -0.05) is 19.3 Å². The van der Waals surface area contributed by atoms with Crippen molar-refractivity contribution in [3.05, 3.63) is 24.0 Å². The van der Waals surface area contributed by atoms with Crippen LogP contribution in [0.15, 0.2) is 18.5 Å². The van der Waals surface area contributed by atoms with Crippen molar-refractivity contribution < 1.29 is 14.6 Å². The summed E-state index contributed by atoms with van der Waals surface area (Å²) in [4.78, 5) is 16.9. The van der Waals surface area contributed by atoms with Crippen molar-refractivity contribution in [1.82, 2.24) is 10.3 Å². The lowest BCUT2D eigenvalue weighted by Crippen LogP contribution is -2.43. The molecule has 23 heavy (non-hydrogen) atoms. The van der Waals surface area contributed by atoms with Crippen LogP contribution in [-0.4, -0.2) is 29.2 Å². The quantitative estimate of drug-likeness (QED) is 0.875. The monoisotopic (exact) mass is 318 g/mol. The van der Waals surface area contributed by atoms with Crippen LogP contribution >= 0.6 is 0 Å². The van der Waals surface area contributed by atoms with Gasteiger partial charge in [0.15, 0.2) is 0 Å². The first-order valence-corrected chi connectivity index (χ1v) is 8.64. The van der Waals surface area contributed by atoms with E-state index < -0.39 is 0 Å². The first-order chi connectivity index (χ1) is 11.2. The fourth-order valence-electron chi connectivity index (χ4n) is 3.73. The highest BCUT2D eigenvalue weighted by Crippen LogP contribution is 2.39. The van der Waals surface area contributed by atoms with E-state index in [1.807, 2.05) is 6.07 Å². The summed E-state index contributed by atoms with van der Waals surface area (Å²) in [6.07, 6.45) is 10.2. The van der Waals surface area contributed by atoms with Crippen molar-refractivity contribution in [2.45, 2.75) is 57.1 Å². The van der Waals surface area contributed by atoms with Gasteiger partial charge in [-0.05, 0) is 43.2 Å². The van der Waals surface area contributed by atoms with Gasteiger partial charge in [0.2, 0.25) is 5.91 Å². The maximum absolute atomic E-state index is 12.6. The number of aliphatic hydroxyl groups excluding tert-OH is 1. The van der Waals surface area contributed by atoms with Crippen LogP contribution in [-0.2, 0) is 4.79 Å². The molecular weight excluding hydrogens is 292 g/mol. The molecule has 0 spiro atoms. The van der Waals surface area contributed by atoms with E-state index in [1.54, 1.807) is 19.5 Å². The van der Waals surface area contributed by atoms with Gasteiger partial charge in [-0.25, -0.2) is 0 Å². The maximum atomic E-state index is 12.6. The van der Waals surface area contributed by atoms with Gasteiger partial charge in [0, 0.05) is 12.1 Å². The Morgan fingerprint density at radius 2 is 2.04 bits per heavy atom. The summed E-state index contributed by atoms with van der Waals surface area (Å²) in [7, 11) is 1.61. The molecule has 0 saturated heterocycles. The predicted molar refractivity (Wildman–Crippen MR) is 87.0 cm³/mol. The number of nitrogens with zero attached hydrogens (tertiary/aromatic N) is 1. The molecule has 0 aliphatic heterocycles. The van der Waals surface area contributed by atoms with Crippen molar-refractivity contribution >= 4 is 5.91 Å². The normalized spacial score (nSPS) is 26.2. The van der Waals surface area contributed by atoms with E-state index in [4.69, 9.17) is 4.74 Å². The molecule has 0 radical (unpaired) electrons. The Kier molecular flexibility index (Phi) is 5.16. The zero-order valence-corrected chi connectivity index (χ0v) is 13.7. The van der Waals surface area contributed by atoms with E-state index in [0.29, 0.717) is 5.75 Å². The molecule has 0 unspecified atom stereocenters. The Morgan fingerprint density at radius 3 is 2.70 bits per heavy atom. The number of nitrogens with one attached hydrogen (secondary N) is 1. The fourth-order valence-corrected chi connectivity index (χ4v) is 3.73. The first kappa shape index (κ1) is 16.2. The first-order valence-electron chi connectivity index (χ1n) is 8.64. The molecule has 2 aliphatic carbocycles. The Balaban J connectivity index is 1.73. The number of aliphatic hydroxyl groups is 1. The number of amides is 1. The molecule has 3 rings (SSSR count). The third-order valence-corrected chi connectivity index (χ3v) is 5.22. The lowest BCUT2D eigenvalue weighted by atomic mass is 9.75. The summed E-state index contributed by atoms with van der Waals surface area (Å²) in [5, 5.41) is 12.9. The minimum absolute atomic E-state index is 0.0876. The number of pyridine rings is 1. The fraction of sp³-hybridized carbons (Fsp3) is 0.667. The van der Waals surface area contributed by atoms with Gasteiger partial charge in [-0.15, -0.1) is 0 Å². The number of aromatic nitrogens is 1. The predicted octanol–water partition coefficient (Wildman–Crippen LogP) is 2.60. The van der Waals surface area contributed by atoms with Gasteiger partial charge in [0.05, 0.1) is 25.5 Å². The molecule has 1 amide bonds. The standard InChI is InChI=1S/C18H26N2O3/c1-23-16-9-14(10-19-11-16)17(13-7-15(21)8-13)20-18(22)12-5-3-2-4-6-12/h9-13,15,17,21H,2-8H2,1H3,(H,20,22)/t13?,15?,17-/m1/s1. The highest BCUT2D eigenvalue weighted by molar-refractivity contribution is 5.79. The molecule has 5 heteroatoms. The van der Waals surface area contributed by atoms with Crippen LogP contribution in [0.2, 0.25) is 0 Å². The van der Waals surface area contributed by atoms with E-state index in [2.05, 4.69) is 10.3 Å². The molecule has 1 atom stereocenters. The number of carbonyl (C=O) groups excluding carboxylic acids is 1. The van der Waals surface area contributed by atoms with Crippen LogP contribution in [0.1, 0.15) is 56.6 Å². The Bertz CT molecular complexity index is 537. The van der Waals surface area contributed by atoms with Crippen LogP contribution in [0, 0.1) is 11.8 Å². The van der Waals surface area contributed by atoms with E-state index in [0.717, 1.165) is 44.1 Å². The molecule has 2 aliphatic rings. The lowest BCUT2D eigenvalue weighted by Gasteiger charge is -2.39. The number of rotatable bonds is 5.